The Hall–Kier alpha value is -3.58. The fourth-order valence-electron chi connectivity index (χ4n) is 4.75. The topological polar surface area (TPSA) is 90.0 Å². The highest BCUT2D eigenvalue weighted by Gasteiger charge is 2.19. The van der Waals surface area contributed by atoms with E-state index >= 15 is 0 Å². The van der Waals surface area contributed by atoms with Crippen LogP contribution in [0.5, 0.6) is 5.75 Å². The summed E-state index contributed by atoms with van der Waals surface area (Å²) in [5.74, 6) is 1.93. The zero-order chi connectivity index (χ0) is 23.5. The summed E-state index contributed by atoms with van der Waals surface area (Å²) in [5.41, 5.74) is 12.7. The van der Waals surface area contributed by atoms with E-state index < -0.39 is 0 Å². The average Bonchev–Trinajstić information content (AvgIpc) is 3.18. The predicted molar refractivity (Wildman–Crippen MR) is 140 cm³/mol. The summed E-state index contributed by atoms with van der Waals surface area (Å²) in [5, 5.41) is 8.05. The number of nitrogens with zero attached hydrogens (tertiary/aromatic N) is 3. The first-order valence-electron chi connectivity index (χ1n) is 12.0. The third kappa shape index (κ3) is 4.19. The van der Waals surface area contributed by atoms with Crippen LogP contribution in [-0.2, 0) is 6.54 Å². The minimum Gasteiger partial charge on any atom is -0.496 e. The summed E-state index contributed by atoms with van der Waals surface area (Å²) in [7, 11) is 1.73. The van der Waals surface area contributed by atoms with Crippen molar-refractivity contribution in [2.75, 3.05) is 37.8 Å². The van der Waals surface area contributed by atoms with E-state index in [1.165, 1.54) is 11.1 Å². The van der Waals surface area contributed by atoms with Crippen molar-refractivity contribution in [1.82, 2.24) is 19.9 Å². The van der Waals surface area contributed by atoms with Crippen LogP contribution in [0.2, 0.25) is 0 Å². The molecular weight excluding hydrogens is 424 g/mol. The Morgan fingerprint density at radius 3 is 2.85 bits per heavy atom. The van der Waals surface area contributed by atoms with Crippen LogP contribution >= 0.6 is 0 Å². The second-order valence-corrected chi connectivity index (χ2v) is 8.73. The lowest BCUT2D eigenvalue weighted by molar-refractivity contribution is 0.409. The van der Waals surface area contributed by atoms with Crippen molar-refractivity contribution in [3.05, 3.63) is 59.7 Å². The van der Waals surface area contributed by atoms with Gasteiger partial charge in [0.05, 0.1) is 19.2 Å². The van der Waals surface area contributed by atoms with Crippen molar-refractivity contribution < 1.29 is 4.74 Å². The molecule has 0 atom stereocenters. The third-order valence-electron chi connectivity index (χ3n) is 6.45. The number of fused-ring (bicyclic) bond motifs is 3. The molecule has 3 heterocycles. The first-order valence-corrected chi connectivity index (χ1v) is 12.0. The highest BCUT2D eigenvalue weighted by molar-refractivity contribution is 6.09. The maximum absolute atomic E-state index is 6.13. The predicted octanol–water partition coefficient (Wildman–Crippen LogP) is 4.81. The second kappa shape index (κ2) is 9.73. The van der Waals surface area contributed by atoms with Gasteiger partial charge in [-0.15, -0.1) is 0 Å². The molecule has 7 heteroatoms. The lowest BCUT2D eigenvalue weighted by atomic mass is 9.99. The Morgan fingerprint density at radius 1 is 1.18 bits per heavy atom. The molecule has 7 nitrogen and oxygen atoms in total. The normalized spacial score (nSPS) is 13.9. The zero-order valence-corrected chi connectivity index (χ0v) is 19.9. The van der Waals surface area contributed by atoms with Crippen LogP contribution in [0.25, 0.3) is 27.5 Å². The number of rotatable bonds is 8. The molecule has 0 spiro atoms. The Bertz CT molecular complexity index is 1360. The van der Waals surface area contributed by atoms with Crippen molar-refractivity contribution in [1.29, 1.82) is 0 Å². The molecule has 0 unspecified atom stereocenters. The Labute approximate surface area is 200 Å². The van der Waals surface area contributed by atoms with Crippen molar-refractivity contribution in [2.45, 2.75) is 32.7 Å². The lowest BCUT2D eigenvalue weighted by Gasteiger charge is -2.18. The molecule has 1 aliphatic rings. The Balaban J connectivity index is 1.67. The molecule has 2 aromatic carbocycles. The van der Waals surface area contributed by atoms with Gasteiger partial charge in [0.1, 0.15) is 16.8 Å². The SMILES string of the molecule is CCCCNc1nc(N)nc2c3ccccc3n(Cc3cc(C4=CCCNC4)ccc3OC)c12. The first kappa shape index (κ1) is 22.2. The number of methoxy groups -OCH3 is 1. The van der Waals surface area contributed by atoms with Crippen molar-refractivity contribution >= 4 is 39.3 Å². The molecule has 2 aromatic heterocycles. The van der Waals surface area contributed by atoms with Gasteiger partial charge in [0.25, 0.3) is 0 Å². The van der Waals surface area contributed by atoms with Gasteiger partial charge in [-0.05, 0) is 48.7 Å². The monoisotopic (exact) mass is 456 g/mol. The first-order chi connectivity index (χ1) is 16.7. The van der Waals surface area contributed by atoms with E-state index in [1.54, 1.807) is 7.11 Å². The van der Waals surface area contributed by atoms with Crippen LogP contribution in [0.15, 0.2) is 48.5 Å². The standard InChI is InChI=1S/C27H32N6O/c1-3-4-14-30-26-25-24(31-27(28)32-26)21-9-5-6-10-22(21)33(25)17-20-15-18(11-12-23(20)34-2)19-8-7-13-29-16-19/h5-6,8-12,15,29H,3-4,7,13-14,16-17H2,1-2H3,(H3,28,30,31,32). The molecule has 0 amide bonds. The molecular formula is C27H32N6O. The fourth-order valence-corrected chi connectivity index (χ4v) is 4.75. The number of hydrogen-bond acceptors (Lipinski definition) is 6. The molecule has 4 N–H and O–H groups in total. The quantitative estimate of drug-likeness (QED) is 0.330. The number of benzene rings is 2. The summed E-state index contributed by atoms with van der Waals surface area (Å²) in [4.78, 5) is 9.24. The van der Waals surface area contributed by atoms with Gasteiger partial charge in [-0.3, -0.25) is 0 Å². The number of hydrogen-bond donors (Lipinski definition) is 3. The van der Waals surface area contributed by atoms with Gasteiger partial charge in [0, 0.05) is 24.0 Å². The number of nitrogen functional groups attached to an aromatic ring is 1. The maximum Gasteiger partial charge on any atom is 0.222 e. The molecule has 0 saturated heterocycles. The highest BCUT2D eigenvalue weighted by atomic mass is 16.5. The minimum atomic E-state index is 0.283. The van der Waals surface area contributed by atoms with Crippen LogP contribution in [-0.4, -0.2) is 41.3 Å². The molecule has 4 aromatic rings. The average molecular weight is 457 g/mol. The summed E-state index contributed by atoms with van der Waals surface area (Å²) in [6.07, 6.45) is 5.54. The molecule has 0 saturated carbocycles. The van der Waals surface area contributed by atoms with Crippen LogP contribution in [0, 0.1) is 0 Å². The molecule has 1 aliphatic heterocycles. The van der Waals surface area contributed by atoms with E-state index in [0.717, 1.165) is 78.0 Å². The van der Waals surface area contributed by atoms with Crippen LogP contribution in [0.4, 0.5) is 11.8 Å². The van der Waals surface area contributed by atoms with E-state index in [1.807, 2.05) is 6.07 Å². The van der Waals surface area contributed by atoms with Crippen LogP contribution < -0.4 is 21.1 Å². The van der Waals surface area contributed by atoms with Gasteiger partial charge < -0.3 is 25.7 Å². The highest BCUT2D eigenvalue weighted by Crippen LogP contribution is 2.34. The van der Waals surface area contributed by atoms with E-state index in [9.17, 15) is 0 Å². The van der Waals surface area contributed by atoms with Gasteiger partial charge in [-0.1, -0.05) is 43.7 Å². The Kier molecular flexibility index (Phi) is 6.36. The van der Waals surface area contributed by atoms with E-state index in [4.69, 9.17) is 10.5 Å². The number of aromatic nitrogens is 3. The summed E-state index contributed by atoms with van der Waals surface area (Å²) < 4.78 is 8.06. The van der Waals surface area contributed by atoms with Gasteiger partial charge in [-0.2, -0.15) is 4.98 Å². The summed E-state index contributed by atoms with van der Waals surface area (Å²) in [6.45, 7) is 5.57. The smallest absolute Gasteiger partial charge is 0.222 e. The van der Waals surface area contributed by atoms with Gasteiger partial charge in [0.2, 0.25) is 5.95 Å². The molecule has 0 bridgehead atoms. The number of para-hydroxylation sites is 1. The number of nitrogens with two attached hydrogens (primary N) is 1. The van der Waals surface area contributed by atoms with Gasteiger partial charge in [-0.25, -0.2) is 4.98 Å². The summed E-state index contributed by atoms with van der Waals surface area (Å²) in [6, 6.07) is 14.8. The second-order valence-electron chi connectivity index (χ2n) is 8.73. The molecule has 0 aliphatic carbocycles. The van der Waals surface area contributed by atoms with Gasteiger partial charge >= 0.3 is 0 Å². The van der Waals surface area contributed by atoms with Gasteiger partial charge in [0.15, 0.2) is 5.82 Å². The number of unbranched alkanes of at least 4 members (excludes halogenated alkanes) is 1. The molecule has 34 heavy (non-hydrogen) atoms. The van der Waals surface area contributed by atoms with Crippen LogP contribution in [0.3, 0.4) is 0 Å². The number of anilines is 2. The molecule has 0 fully saturated rings. The third-order valence-corrected chi connectivity index (χ3v) is 6.45. The van der Waals surface area contributed by atoms with E-state index in [2.05, 4.69) is 74.6 Å². The van der Waals surface area contributed by atoms with Crippen molar-refractivity contribution in [3.8, 4) is 5.75 Å². The lowest BCUT2D eigenvalue weighted by Crippen LogP contribution is -2.21. The summed E-state index contributed by atoms with van der Waals surface area (Å²) >= 11 is 0. The zero-order valence-electron chi connectivity index (χ0n) is 19.9. The number of nitrogens with one attached hydrogen (secondary N) is 2. The largest absolute Gasteiger partial charge is 0.496 e. The minimum absolute atomic E-state index is 0.283. The maximum atomic E-state index is 6.13. The van der Waals surface area contributed by atoms with E-state index in [-0.39, 0.29) is 5.95 Å². The fraction of sp³-hybridized carbons (Fsp3) is 0.333. The van der Waals surface area contributed by atoms with Crippen molar-refractivity contribution in [3.63, 3.8) is 0 Å². The molecule has 0 radical (unpaired) electrons. The van der Waals surface area contributed by atoms with Crippen LogP contribution in [0.1, 0.15) is 37.3 Å². The van der Waals surface area contributed by atoms with Crippen molar-refractivity contribution in [2.24, 2.45) is 0 Å². The number of ether oxygens (including phenoxy) is 1. The molecule has 176 valence electrons. The Morgan fingerprint density at radius 2 is 2.06 bits per heavy atom. The molecule has 5 rings (SSSR count). The van der Waals surface area contributed by atoms with E-state index in [0.29, 0.717) is 6.54 Å².